The first-order valence-corrected chi connectivity index (χ1v) is 6.70. The van der Waals surface area contributed by atoms with Gasteiger partial charge in [-0.05, 0) is 22.4 Å². The van der Waals surface area contributed by atoms with E-state index in [-0.39, 0.29) is 19.1 Å². The Balaban J connectivity index is 1.97. The molecule has 0 bridgehead atoms. The van der Waals surface area contributed by atoms with Crippen molar-refractivity contribution in [2.24, 2.45) is 5.92 Å². The standard InChI is InChI=1S/C12H15NO4S/c14-11(5-9-1-4-18-8-9)13-2-3-17-7-10(6-13)12(15)16/h1,4,8,10H,2-3,5-7H2,(H,15,16). The quantitative estimate of drug-likeness (QED) is 0.883. The van der Waals surface area contributed by atoms with Gasteiger partial charge in [0.15, 0.2) is 0 Å². The maximum atomic E-state index is 12.1. The molecule has 0 radical (unpaired) electrons. The molecule has 0 spiro atoms. The van der Waals surface area contributed by atoms with Crippen LogP contribution in [0.2, 0.25) is 0 Å². The first-order chi connectivity index (χ1) is 8.66. The summed E-state index contributed by atoms with van der Waals surface area (Å²) >= 11 is 1.55. The topological polar surface area (TPSA) is 66.8 Å². The maximum absolute atomic E-state index is 12.1. The van der Waals surface area contributed by atoms with Gasteiger partial charge in [-0.3, -0.25) is 9.59 Å². The van der Waals surface area contributed by atoms with E-state index in [4.69, 9.17) is 9.84 Å². The third-order valence-electron chi connectivity index (χ3n) is 2.90. The van der Waals surface area contributed by atoms with Gasteiger partial charge in [0, 0.05) is 13.1 Å². The number of aliphatic carboxylic acids is 1. The molecule has 1 atom stereocenters. The first kappa shape index (κ1) is 13.0. The molecule has 18 heavy (non-hydrogen) atoms. The van der Waals surface area contributed by atoms with Crippen molar-refractivity contribution in [1.82, 2.24) is 4.90 Å². The van der Waals surface area contributed by atoms with Crippen LogP contribution in [0.15, 0.2) is 16.8 Å². The Morgan fingerprint density at radius 3 is 3.06 bits per heavy atom. The zero-order valence-corrected chi connectivity index (χ0v) is 10.7. The molecule has 98 valence electrons. The summed E-state index contributed by atoms with van der Waals surface area (Å²) in [5.41, 5.74) is 0.974. The summed E-state index contributed by atoms with van der Waals surface area (Å²) in [6, 6.07) is 1.91. The van der Waals surface area contributed by atoms with Crippen molar-refractivity contribution in [2.45, 2.75) is 6.42 Å². The minimum absolute atomic E-state index is 0.0369. The summed E-state index contributed by atoms with van der Waals surface area (Å²) in [5, 5.41) is 12.9. The number of carbonyl (C=O) groups excluding carboxylic acids is 1. The number of carboxylic acid groups (broad SMARTS) is 1. The molecule has 1 saturated heterocycles. The van der Waals surface area contributed by atoms with Gasteiger partial charge in [-0.1, -0.05) is 0 Å². The number of hydrogen-bond acceptors (Lipinski definition) is 4. The first-order valence-electron chi connectivity index (χ1n) is 5.76. The van der Waals surface area contributed by atoms with Crippen molar-refractivity contribution in [1.29, 1.82) is 0 Å². The Morgan fingerprint density at radius 2 is 2.39 bits per heavy atom. The molecule has 2 heterocycles. The molecular weight excluding hydrogens is 254 g/mol. The minimum Gasteiger partial charge on any atom is -0.481 e. The summed E-state index contributed by atoms with van der Waals surface area (Å²) < 4.78 is 5.21. The van der Waals surface area contributed by atoms with E-state index in [9.17, 15) is 9.59 Å². The third kappa shape index (κ3) is 3.30. The Kier molecular flexibility index (Phi) is 4.33. The lowest BCUT2D eigenvalue weighted by molar-refractivity contribution is -0.144. The molecule has 5 nitrogen and oxygen atoms in total. The smallest absolute Gasteiger partial charge is 0.310 e. The van der Waals surface area contributed by atoms with Crippen molar-refractivity contribution in [3.63, 3.8) is 0 Å². The SMILES string of the molecule is O=C(O)C1COCCN(C(=O)Cc2ccsc2)C1. The van der Waals surface area contributed by atoms with Gasteiger partial charge in [0.1, 0.15) is 0 Å². The van der Waals surface area contributed by atoms with E-state index in [1.54, 1.807) is 16.2 Å². The van der Waals surface area contributed by atoms with Crippen LogP contribution in [0, 0.1) is 5.92 Å². The third-order valence-corrected chi connectivity index (χ3v) is 3.63. The molecular formula is C12H15NO4S. The van der Waals surface area contributed by atoms with Gasteiger partial charge in [-0.15, -0.1) is 0 Å². The monoisotopic (exact) mass is 269 g/mol. The summed E-state index contributed by atoms with van der Waals surface area (Å²) in [7, 11) is 0. The van der Waals surface area contributed by atoms with E-state index in [0.717, 1.165) is 5.56 Å². The Morgan fingerprint density at radius 1 is 1.56 bits per heavy atom. The highest BCUT2D eigenvalue weighted by Crippen LogP contribution is 2.12. The second kappa shape index (κ2) is 5.97. The van der Waals surface area contributed by atoms with E-state index in [0.29, 0.717) is 19.6 Å². The maximum Gasteiger partial charge on any atom is 0.310 e. The molecule has 1 aromatic rings. The second-order valence-corrected chi connectivity index (χ2v) is 5.04. The zero-order valence-electron chi connectivity index (χ0n) is 9.87. The normalized spacial score (nSPS) is 20.4. The van der Waals surface area contributed by atoms with Gasteiger partial charge in [-0.25, -0.2) is 0 Å². The second-order valence-electron chi connectivity index (χ2n) is 4.26. The molecule has 1 amide bonds. The summed E-state index contributed by atoms with van der Waals surface area (Å²) in [5.74, 6) is -1.57. The van der Waals surface area contributed by atoms with E-state index in [1.165, 1.54) is 0 Å². The van der Waals surface area contributed by atoms with Crippen LogP contribution in [-0.4, -0.2) is 48.2 Å². The average Bonchev–Trinajstić information content (AvgIpc) is 2.70. The molecule has 1 fully saturated rings. The Hall–Kier alpha value is -1.40. The van der Waals surface area contributed by atoms with Gasteiger partial charge < -0.3 is 14.7 Å². The van der Waals surface area contributed by atoms with Crippen molar-refractivity contribution >= 4 is 23.2 Å². The molecule has 2 rings (SSSR count). The van der Waals surface area contributed by atoms with Crippen molar-refractivity contribution in [3.8, 4) is 0 Å². The fourth-order valence-electron chi connectivity index (χ4n) is 1.87. The minimum atomic E-state index is -0.912. The lowest BCUT2D eigenvalue weighted by Gasteiger charge is -2.21. The Labute approximate surface area is 109 Å². The molecule has 1 N–H and O–H groups in total. The van der Waals surface area contributed by atoms with Gasteiger partial charge in [0.05, 0.1) is 25.6 Å². The lowest BCUT2D eigenvalue weighted by Crippen LogP contribution is -2.38. The van der Waals surface area contributed by atoms with E-state index >= 15 is 0 Å². The van der Waals surface area contributed by atoms with E-state index in [1.807, 2.05) is 16.8 Å². The number of nitrogens with zero attached hydrogens (tertiary/aromatic N) is 1. The number of rotatable bonds is 3. The van der Waals surface area contributed by atoms with Crippen LogP contribution in [0.4, 0.5) is 0 Å². The van der Waals surface area contributed by atoms with Crippen LogP contribution in [0.25, 0.3) is 0 Å². The summed E-state index contributed by atoms with van der Waals surface area (Å²) in [6.45, 7) is 1.28. The van der Waals surface area contributed by atoms with Gasteiger partial charge in [0.2, 0.25) is 5.91 Å². The van der Waals surface area contributed by atoms with Crippen LogP contribution in [0.5, 0.6) is 0 Å². The fraction of sp³-hybridized carbons (Fsp3) is 0.500. The average molecular weight is 269 g/mol. The Bertz CT molecular complexity index is 418. The molecule has 1 aromatic heterocycles. The van der Waals surface area contributed by atoms with Crippen molar-refractivity contribution in [3.05, 3.63) is 22.4 Å². The summed E-state index contributed by atoms with van der Waals surface area (Å²) in [4.78, 5) is 24.6. The molecule has 0 aliphatic carbocycles. The number of carbonyl (C=O) groups is 2. The molecule has 0 saturated carbocycles. The van der Waals surface area contributed by atoms with Crippen LogP contribution >= 0.6 is 11.3 Å². The zero-order chi connectivity index (χ0) is 13.0. The molecule has 1 aliphatic heterocycles. The van der Waals surface area contributed by atoms with Crippen LogP contribution in [0.3, 0.4) is 0 Å². The number of thiophene rings is 1. The number of ether oxygens (including phenoxy) is 1. The van der Waals surface area contributed by atoms with Crippen LogP contribution in [-0.2, 0) is 20.7 Å². The highest BCUT2D eigenvalue weighted by Gasteiger charge is 2.26. The largest absolute Gasteiger partial charge is 0.481 e. The van der Waals surface area contributed by atoms with Crippen molar-refractivity contribution < 1.29 is 19.4 Å². The lowest BCUT2D eigenvalue weighted by atomic mass is 10.1. The predicted molar refractivity (Wildman–Crippen MR) is 66.5 cm³/mol. The molecule has 1 unspecified atom stereocenters. The molecule has 1 aliphatic rings. The highest BCUT2D eigenvalue weighted by atomic mass is 32.1. The van der Waals surface area contributed by atoms with Gasteiger partial charge >= 0.3 is 5.97 Å². The van der Waals surface area contributed by atoms with Crippen LogP contribution < -0.4 is 0 Å². The molecule has 6 heteroatoms. The fourth-order valence-corrected chi connectivity index (χ4v) is 2.53. The van der Waals surface area contributed by atoms with Gasteiger partial charge in [0.25, 0.3) is 0 Å². The predicted octanol–water partition coefficient (Wildman–Crippen LogP) is 0.850. The van der Waals surface area contributed by atoms with E-state index in [2.05, 4.69) is 0 Å². The number of amides is 1. The van der Waals surface area contributed by atoms with Crippen LogP contribution in [0.1, 0.15) is 5.56 Å². The highest BCUT2D eigenvalue weighted by molar-refractivity contribution is 7.07. The van der Waals surface area contributed by atoms with Crippen molar-refractivity contribution in [2.75, 3.05) is 26.3 Å². The summed E-state index contributed by atoms with van der Waals surface area (Å²) in [6.07, 6.45) is 0.329. The van der Waals surface area contributed by atoms with Gasteiger partial charge in [-0.2, -0.15) is 11.3 Å². The number of hydrogen-bond donors (Lipinski definition) is 1. The number of carboxylic acids is 1. The molecule has 0 aromatic carbocycles. The van der Waals surface area contributed by atoms with E-state index < -0.39 is 11.9 Å².